The van der Waals surface area contributed by atoms with Crippen molar-refractivity contribution in [1.82, 2.24) is 16.0 Å². The molecule has 0 radical (unpaired) electrons. The van der Waals surface area contributed by atoms with E-state index < -0.39 is 0 Å². The summed E-state index contributed by atoms with van der Waals surface area (Å²) in [7, 11) is 1.59. The van der Waals surface area contributed by atoms with E-state index in [0.29, 0.717) is 36.9 Å². The first-order chi connectivity index (χ1) is 14.2. The van der Waals surface area contributed by atoms with Crippen molar-refractivity contribution in [2.24, 2.45) is 4.99 Å². The number of benzene rings is 2. The van der Waals surface area contributed by atoms with Gasteiger partial charge in [-0.1, -0.05) is 30.3 Å². The fourth-order valence-electron chi connectivity index (χ4n) is 2.74. The Balaban J connectivity index is 0.00000450. The van der Waals surface area contributed by atoms with Crippen LogP contribution in [-0.2, 0) is 0 Å². The van der Waals surface area contributed by atoms with Gasteiger partial charge in [0.25, 0.3) is 5.91 Å². The predicted octanol–water partition coefficient (Wildman–Crippen LogP) is 2.37. The monoisotopic (exact) mass is 526 g/mol. The number of halogens is 1. The number of carbonyl (C=O) groups is 1. The topological polar surface area (TPSA) is 95.0 Å². The Hall–Kier alpha value is -2.33. The van der Waals surface area contributed by atoms with Crippen LogP contribution in [0.2, 0.25) is 0 Å². The lowest BCUT2D eigenvalue weighted by Crippen LogP contribution is -2.41. The zero-order valence-corrected chi connectivity index (χ0v) is 19.8. The molecule has 0 aromatic heterocycles. The van der Waals surface area contributed by atoms with Gasteiger partial charge in [0.1, 0.15) is 5.75 Å². The van der Waals surface area contributed by atoms with Crippen LogP contribution in [0, 0.1) is 0 Å². The number of ether oxygens (including phenoxy) is 1. The van der Waals surface area contributed by atoms with E-state index in [1.54, 1.807) is 31.4 Å². The van der Waals surface area contributed by atoms with E-state index in [1.807, 2.05) is 37.3 Å². The van der Waals surface area contributed by atoms with Gasteiger partial charge in [-0.05, 0) is 36.8 Å². The van der Waals surface area contributed by atoms with E-state index in [0.717, 1.165) is 12.1 Å². The highest BCUT2D eigenvalue weighted by molar-refractivity contribution is 14.0. The van der Waals surface area contributed by atoms with Gasteiger partial charge in [-0.15, -0.1) is 24.0 Å². The zero-order valence-electron chi connectivity index (χ0n) is 17.4. The molecule has 7 nitrogen and oxygen atoms in total. The van der Waals surface area contributed by atoms with Gasteiger partial charge in [-0.25, -0.2) is 0 Å². The molecule has 0 fully saturated rings. The van der Waals surface area contributed by atoms with Crippen molar-refractivity contribution in [3.63, 3.8) is 0 Å². The standard InChI is InChI=1S/C22H30N4O3.HI/c1-3-23-22(26-15-19(16-27)17-7-5-4-6-8-17)25-14-13-24-21(28)18-9-11-20(29-2)12-10-18;/h4-12,19,27H,3,13-16H2,1-2H3,(H,24,28)(H2,23,25,26);1H. The quantitative estimate of drug-likeness (QED) is 0.165. The Morgan fingerprint density at radius 1 is 1.03 bits per heavy atom. The molecule has 0 heterocycles. The molecule has 0 aliphatic carbocycles. The molecule has 0 aliphatic rings. The van der Waals surface area contributed by atoms with Crippen LogP contribution in [0.15, 0.2) is 59.6 Å². The van der Waals surface area contributed by atoms with Gasteiger partial charge in [-0.2, -0.15) is 0 Å². The zero-order chi connectivity index (χ0) is 20.9. The molecular formula is C22H31IN4O3. The van der Waals surface area contributed by atoms with Crippen LogP contribution in [0.3, 0.4) is 0 Å². The highest BCUT2D eigenvalue weighted by Crippen LogP contribution is 2.15. The molecule has 0 spiro atoms. The maximum Gasteiger partial charge on any atom is 0.251 e. The van der Waals surface area contributed by atoms with Crippen LogP contribution in [0.25, 0.3) is 0 Å². The van der Waals surface area contributed by atoms with Gasteiger partial charge in [0.2, 0.25) is 0 Å². The largest absolute Gasteiger partial charge is 0.497 e. The Labute approximate surface area is 195 Å². The molecule has 2 aromatic rings. The number of nitrogens with zero attached hydrogens (tertiary/aromatic N) is 1. The first-order valence-electron chi connectivity index (χ1n) is 9.78. The van der Waals surface area contributed by atoms with Crippen molar-refractivity contribution in [2.45, 2.75) is 12.8 Å². The minimum atomic E-state index is -0.138. The number of amides is 1. The fraction of sp³-hybridized carbons (Fsp3) is 0.364. The second-order valence-corrected chi connectivity index (χ2v) is 6.42. The average molecular weight is 526 g/mol. The van der Waals surface area contributed by atoms with E-state index >= 15 is 0 Å². The Morgan fingerprint density at radius 2 is 1.70 bits per heavy atom. The van der Waals surface area contributed by atoms with E-state index in [1.165, 1.54) is 0 Å². The van der Waals surface area contributed by atoms with Crippen molar-refractivity contribution < 1.29 is 14.6 Å². The van der Waals surface area contributed by atoms with Crippen LogP contribution >= 0.6 is 24.0 Å². The van der Waals surface area contributed by atoms with Gasteiger partial charge in [0.15, 0.2) is 5.96 Å². The van der Waals surface area contributed by atoms with E-state index in [-0.39, 0.29) is 42.4 Å². The van der Waals surface area contributed by atoms with Gasteiger partial charge in [0.05, 0.1) is 20.3 Å². The van der Waals surface area contributed by atoms with Crippen molar-refractivity contribution >= 4 is 35.8 Å². The SMILES string of the molecule is CCNC(=NCC(CO)c1ccccc1)NCCNC(=O)c1ccc(OC)cc1.I. The number of nitrogens with one attached hydrogen (secondary N) is 3. The highest BCUT2D eigenvalue weighted by atomic mass is 127. The molecule has 30 heavy (non-hydrogen) atoms. The van der Waals surface area contributed by atoms with Crippen LogP contribution in [0.4, 0.5) is 0 Å². The van der Waals surface area contributed by atoms with Crippen LogP contribution < -0.4 is 20.7 Å². The van der Waals surface area contributed by atoms with Crippen molar-refractivity contribution in [1.29, 1.82) is 0 Å². The number of aliphatic hydroxyl groups excluding tert-OH is 1. The Morgan fingerprint density at radius 3 is 2.30 bits per heavy atom. The number of hydrogen-bond donors (Lipinski definition) is 4. The summed E-state index contributed by atoms with van der Waals surface area (Å²) < 4.78 is 5.10. The molecule has 1 amide bonds. The average Bonchev–Trinajstić information content (AvgIpc) is 2.77. The second-order valence-electron chi connectivity index (χ2n) is 6.42. The molecule has 2 rings (SSSR count). The predicted molar refractivity (Wildman–Crippen MR) is 131 cm³/mol. The molecule has 0 aliphatic heterocycles. The Kier molecular flexibility index (Phi) is 12.5. The smallest absolute Gasteiger partial charge is 0.251 e. The molecule has 4 N–H and O–H groups in total. The van der Waals surface area contributed by atoms with Crippen LogP contribution in [0.5, 0.6) is 5.75 Å². The molecule has 0 saturated heterocycles. The van der Waals surface area contributed by atoms with E-state index in [4.69, 9.17) is 4.74 Å². The normalized spacial score (nSPS) is 11.8. The van der Waals surface area contributed by atoms with Gasteiger partial charge < -0.3 is 25.8 Å². The number of carbonyl (C=O) groups excluding carboxylic acids is 1. The molecule has 1 atom stereocenters. The lowest BCUT2D eigenvalue weighted by molar-refractivity contribution is 0.0954. The molecule has 164 valence electrons. The summed E-state index contributed by atoms with van der Waals surface area (Å²) in [6.45, 7) is 4.20. The third kappa shape index (κ3) is 8.58. The lowest BCUT2D eigenvalue weighted by Gasteiger charge is -2.15. The second kappa shape index (κ2) is 14.6. The molecule has 8 heteroatoms. The summed E-state index contributed by atoms with van der Waals surface area (Å²) in [6, 6.07) is 16.8. The van der Waals surface area contributed by atoms with Crippen LogP contribution in [-0.4, -0.2) is 56.9 Å². The van der Waals surface area contributed by atoms with Crippen molar-refractivity contribution in [3.8, 4) is 5.75 Å². The number of guanidine groups is 1. The van der Waals surface area contributed by atoms with E-state index in [9.17, 15) is 9.90 Å². The van der Waals surface area contributed by atoms with Gasteiger partial charge >= 0.3 is 0 Å². The summed E-state index contributed by atoms with van der Waals surface area (Å²) in [6.07, 6.45) is 0. The highest BCUT2D eigenvalue weighted by Gasteiger charge is 2.10. The van der Waals surface area contributed by atoms with Crippen molar-refractivity contribution in [2.75, 3.05) is 39.9 Å². The third-order valence-electron chi connectivity index (χ3n) is 4.36. The summed E-state index contributed by atoms with van der Waals surface area (Å²) in [4.78, 5) is 16.7. The van der Waals surface area contributed by atoms with Crippen LogP contribution in [0.1, 0.15) is 28.8 Å². The number of rotatable bonds is 10. The first kappa shape index (κ1) is 25.7. The first-order valence-corrected chi connectivity index (χ1v) is 9.78. The minimum absolute atomic E-state index is 0. The summed E-state index contributed by atoms with van der Waals surface area (Å²) in [5.74, 6) is 1.18. The molecule has 2 aromatic carbocycles. The maximum absolute atomic E-state index is 12.2. The van der Waals surface area contributed by atoms with Crippen molar-refractivity contribution in [3.05, 3.63) is 65.7 Å². The van der Waals surface area contributed by atoms with E-state index in [2.05, 4.69) is 20.9 Å². The van der Waals surface area contributed by atoms with Gasteiger partial charge in [-0.3, -0.25) is 9.79 Å². The number of aliphatic imine (C=N–C) groups is 1. The lowest BCUT2D eigenvalue weighted by atomic mass is 10.0. The summed E-state index contributed by atoms with van der Waals surface area (Å²) >= 11 is 0. The number of hydrogen-bond acceptors (Lipinski definition) is 4. The maximum atomic E-state index is 12.2. The molecule has 0 saturated carbocycles. The Bertz CT molecular complexity index is 770. The fourth-order valence-corrected chi connectivity index (χ4v) is 2.74. The van der Waals surface area contributed by atoms with Gasteiger partial charge in [0, 0.05) is 31.1 Å². The number of aliphatic hydroxyl groups is 1. The summed E-state index contributed by atoms with van der Waals surface area (Å²) in [5.41, 5.74) is 1.64. The third-order valence-corrected chi connectivity index (χ3v) is 4.36. The molecule has 1 unspecified atom stereocenters. The number of methoxy groups -OCH3 is 1. The summed E-state index contributed by atoms with van der Waals surface area (Å²) in [5, 5.41) is 18.9. The molecule has 0 bridgehead atoms. The minimum Gasteiger partial charge on any atom is -0.497 e. The molecular weight excluding hydrogens is 495 g/mol.